The Labute approximate surface area is 160 Å². The molecule has 0 spiro atoms. The number of ketones is 1. The third-order valence-electron chi connectivity index (χ3n) is 3.94. The Morgan fingerprint density at radius 1 is 1.25 bits per heavy atom. The third-order valence-corrected chi connectivity index (χ3v) is 3.94. The minimum Gasteiger partial charge on any atom is -0.453 e. The minimum atomic E-state index is -0.569. The predicted molar refractivity (Wildman–Crippen MR) is 101 cm³/mol. The standard InChI is InChI=1S/C20H16FN3O4/c1-13(25)15-5-6-18(19(10-15)24(26)27)23-11-14-4-7-20(17(21)9-14)28-16-3-2-8-22-12-16/h2-10,12,23H,11H2,1H3. The maximum absolute atomic E-state index is 14.3. The van der Waals surface area contributed by atoms with Crippen LogP contribution in [0.4, 0.5) is 15.8 Å². The summed E-state index contributed by atoms with van der Waals surface area (Å²) in [6.07, 6.45) is 3.05. The molecule has 0 amide bonds. The van der Waals surface area contributed by atoms with Crippen molar-refractivity contribution in [3.8, 4) is 11.5 Å². The molecule has 28 heavy (non-hydrogen) atoms. The number of nitrogens with one attached hydrogen (secondary N) is 1. The number of nitrogens with zero attached hydrogens (tertiary/aromatic N) is 2. The van der Waals surface area contributed by atoms with E-state index in [1.54, 1.807) is 24.4 Å². The van der Waals surface area contributed by atoms with Crippen LogP contribution in [0, 0.1) is 15.9 Å². The molecule has 0 aliphatic rings. The van der Waals surface area contributed by atoms with E-state index in [0.29, 0.717) is 11.3 Å². The molecule has 1 aromatic heterocycles. The molecule has 0 atom stereocenters. The number of anilines is 1. The van der Waals surface area contributed by atoms with Crippen LogP contribution in [0.15, 0.2) is 60.9 Å². The number of hydrogen-bond donors (Lipinski definition) is 1. The Morgan fingerprint density at radius 2 is 2.07 bits per heavy atom. The number of aromatic nitrogens is 1. The van der Waals surface area contributed by atoms with Crippen molar-refractivity contribution < 1.29 is 18.8 Å². The van der Waals surface area contributed by atoms with Crippen molar-refractivity contribution in [2.45, 2.75) is 13.5 Å². The molecule has 142 valence electrons. The van der Waals surface area contributed by atoms with Gasteiger partial charge in [0.25, 0.3) is 5.69 Å². The van der Waals surface area contributed by atoms with Gasteiger partial charge in [-0.3, -0.25) is 19.9 Å². The zero-order valence-electron chi connectivity index (χ0n) is 14.9. The lowest BCUT2D eigenvalue weighted by atomic mass is 10.1. The normalized spacial score (nSPS) is 10.4. The van der Waals surface area contributed by atoms with Crippen LogP contribution in [-0.2, 0) is 6.54 Å². The van der Waals surface area contributed by atoms with Gasteiger partial charge in [0.05, 0.1) is 11.1 Å². The number of carbonyl (C=O) groups excluding carboxylic acids is 1. The number of ether oxygens (including phenoxy) is 1. The molecule has 0 saturated carbocycles. The van der Waals surface area contributed by atoms with Crippen molar-refractivity contribution in [2.24, 2.45) is 0 Å². The van der Waals surface area contributed by atoms with E-state index in [1.807, 2.05) is 0 Å². The fourth-order valence-electron chi connectivity index (χ4n) is 2.52. The summed E-state index contributed by atoms with van der Waals surface area (Å²) in [5.74, 6) is -0.368. The van der Waals surface area contributed by atoms with E-state index in [0.717, 1.165) is 0 Å². The quantitative estimate of drug-likeness (QED) is 0.361. The van der Waals surface area contributed by atoms with E-state index >= 15 is 0 Å². The smallest absolute Gasteiger partial charge is 0.293 e. The number of nitro groups is 1. The monoisotopic (exact) mass is 381 g/mol. The maximum atomic E-state index is 14.3. The zero-order chi connectivity index (χ0) is 20.1. The molecule has 8 heteroatoms. The summed E-state index contributed by atoms with van der Waals surface area (Å²) < 4.78 is 19.7. The zero-order valence-corrected chi connectivity index (χ0v) is 14.9. The molecule has 2 aromatic carbocycles. The first kappa shape index (κ1) is 19.0. The summed E-state index contributed by atoms with van der Waals surface area (Å²) in [6.45, 7) is 1.49. The van der Waals surface area contributed by atoms with Crippen molar-refractivity contribution in [3.05, 3.63) is 88.0 Å². The average Bonchev–Trinajstić information content (AvgIpc) is 2.68. The van der Waals surface area contributed by atoms with Crippen molar-refractivity contribution in [1.82, 2.24) is 4.98 Å². The van der Waals surface area contributed by atoms with Gasteiger partial charge in [-0.2, -0.15) is 0 Å². The SMILES string of the molecule is CC(=O)c1ccc(NCc2ccc(Oc3cccnc3)c(F)c2)c([N+](=O)[O-])c1. The molecule has 7 nitrogen and oxygen atoms in total. The Hall–Kier alpha value is -3.81. The second kappa shape index (κ2) is 8.26. The summed E-state index contributed by atoms with van der Waals surface area (Å²) in [5.41, 5.74) is 0.844. The molecule has 0 aliphatic carbocycles. The molecule has 0 radical (unpaired) electrons. The summed E-state index contributed by atoms with van der Waals surface area (Å²) >= 11 is 0. The summed E-state index contributed by atoms with van der Waals surface area (Å²) in [6, 6.07) is 11.9. The van der Waals surface area contributed by atoms with Gasteiger partial charge in [-0.1, -0.05) is 6.07 Å². The van der Waals surface area contributed by atoms with Crippen LogP contribution in [0.2, 0.25) is 0 Å². The van der Waals surface area contributed by atoms with E-state index in [1.165, 1.54) is 43.5 Å². The van der Waals surface area contributed by atoms with E-state index in [2.05, 4.69) is 10.3 Å². The van der Waals surface area contributed by atoms with Crippen LogP contribution in [0.25, 0.3) is 0 Å². The van der Waals surface area contributed by atoms with Gasteiger partial charge in [0.1, 0.15) is 11.4 Å². The fourth-order valence-corrected chi connectivity index (χ4v) is 2.52. The van der Waals surface area contributed by atoms with E-state index < -0.39 is 10.7 Å². The molecule has 1 N–H and O–H groups in total. The number of rotatable bonds is 7. The lowest BCUT2D eigenvalue weighted by molar-refractivity contribution is -0.384. The number of hydrogen-bond acceptors (Lipinski definition) is 6. The predicted octanol–water partition coefficient (Wildman–Crippen LogP) is 4.74. The van der Waals surface area contributed by atoms with E-state index in [9.17, 15) is 19.3 Å². The van der Waals surface area contributed by atoms with Gasteiger partial charge >= 0.3 is 0 Å². The van der Waals surface area contributed by atoms with Crippen LogP contribution in [0.1, 0.15) is 22.8 Å². The topological polar surface area (TPSA) is 94.4 Å². The lowest BCUT2D eigenvalue weighted by Gasteiger charge is -2.10. The number of nitro benzene ring substituents is 1. The Bertz CT molecular complexity index is 1030. The molecule has 1 heterocycles. The second-order valence-electron chi connectivity index (χ2n) is 5.95. The molecule has 3 aromatic rings. The van der Waals surface area contributed by atoms with Crippen LogP contribution in [-0.4, -0.2) is 15.7 Å². The van der Waals surface area contributed by atoms with Gasteiger partial charge < -0.3 is 10.1 Å². The number of benzene rings is 2. The summed E-state index contributed by atoms with van der Waals surface area (Å²) in [4.78, 5) is 26.0. The largest absolute Gasteiger partial charge is 0.453 e. The Balaban J connectivity index is 1.74. The molecule has 3 rings (SSSR count). The van der Waals surface area contributed by atoms with E-state index in [-0.39, 0.29) is 35.0 Å². The first-order valence-electron chi connectivity index (χ1n) is 8.33. The summed E-state index contributed by atoms with van der Waals surface area (Å²) in [5, 5.41) is 14.2. The molecular weight excluding hydrogens is 365 g/mol. The number of carbonyl (C=O) groups is 1. The van der Waals surface area contributed by atoms with Crippen molar-refractivity contribution in [1.29, 1.82) is 0 Å². The van der Waals surface area contributed by atoms with Crippen molar-refractivity contribution in [2.75, 3.05) is 5.32 Å². The fraction of sp³-hybridized carbons (Fsp3) is 0.100. The molecule has 0 aliphatic heterocycles. The van der Waals surface area contributed by atoms with Gasteiger partial charge in [0, 0.05) is 24.4 Å². The molecule has 0 bridgehead atoms. The van der Waals surface area contributed by atoms with Gasteiger partial charge in [-0.05, 0) is 48.9 Å². The number of Topliss-reactive ketones (excluding diaryl/α,β-unsaturated/α-hetero) is 1. The van der Waals surface area contributed by atoms with Gasteiger partial charge in [0.2, 0.25) is 0 Å². The average molecular weight is 381 g/mol. The van der Waals surface area contributed by atoms with Crippen LogP contribution >= 0.6 is 0 Å². The molecule has 0 fully saturated rings. The Kier molecular flexibility index (Phi) is 5.59. The highest BCUT2D eigenvalue weighted by molar-refractivity contribution is 5.95. The second-order valence-corrected chi connectivity index (χ2v) is 5.95. The van der Waals surface area contributed by atoms with Crippen molar-refractivity contribution in [3.63, 3.8) is 0 Å². The first-order valence-corrected chi connectivity index (χ1v) is 8.33. The Morgan fingerprint density at radius 3 is 2.71 bits per heavy atom. The molecule has 0 saturated heterocycles. The third kappa shape index (κ3) is 4.47. The van der Waals surface area contributed by atoms with Crippen LogP contribution in [0.5, 0.6) is 11.5 Å². The maximum Gasteiger partial charge on any atom is 0.293 e. The number of pyridine rings is 1. The van der Waals surface area contributed by atoms with Crippen molar-refractivity contribution >= 4 is 17.2 Å². The summed E-state index contributed by atoms with van der Waals surface area (Å²) in [7, 11) is 0. The molecular formula is C20H16FN3O4. The number of halogens is 1. The van der Waals surface area contributed by atoms with Gasteiger partial charge in [-0.25, -0.2) is 4.39 Å². The molecule has 0 unspecified atom stereocenters. The van der Waals surface area contributed by atoms with Gasteiger partial charge in [-0.15, -0.1) is 0 Å². The lowest BCUT2D eigenvalue weighted by Crippen LogP contribution is -2.04. The minimum absolute atomic E-state index is 0.0496. The van der Waals surface area contributed by atoms with Gasteiger partial charge in [0.15, 0.2) is 17.3 Å². The highest BCUT2D eigenvalue weighted by atomic mass is 19.1. The highest BCUT2D eigenvalue weighted by Gasteiger charge is 2.16. The highest BCUT2D eigenvalue weighted by Crippen LogP contribution is 2.28. The van der Waals surface area contributed by atoms with E-state index in [4.69, 9.17) is 4.74 Å². The van der Waals surface area contributed by atoms with Crippen LogP contribution < -0.4 is 10.1 Å². The first-order chi connectivity index (χ1) is 13.4. The van der Waals surface area contributed by atoms with Crippen LogP contribution in [0.3, 0.4) is 0 Å².